The molecule has 0 saturated carbocycles. The zero-order chi connectivity index (χ0) is 12.5. The molecular weight excluding hydrogens is 231 g/mol. The summed E-state index contributed by atoms with van der Waals surface area (Å²) >= 11 is 0. The Morgan fingerprint density at radius 2 is 2.29 bits per heavy atom. The van der Waals surface area contributed by atoms with Crippen molar-refractivity contribution in [1.29, 1.82) is 0 Å². The Morgan fingerprint density at radius 3 is 3.00 bits per heavy atom. The van der Waals surface area contributed by atoms with Crippen LogP contribution in [0.2, 0.25) is 0 Å². The molecule has 0 amide bonds. The summed E-state index contributed by atoms with van der Waals surface area (Å²) in [5.74, 6) is 0.910. The minimum absolute atomic E-state index is 0.00477. The molecule has 5 heteroatoms. The number of nitrogens with one attached hydrogen (secondary N) is 1. The van der Waals surface area contributed by atoms with Crippen LogP contribution in [-0.4, -0.2) is 12.2 Å². The molecule has 17 heavy (non-hydrogen) atoms. The Bertz CT molecular complexity index is 372. The fourth-order valence-corrected chi connectivity index (χ4v) is 2.41. The molecule has 96 valence electrons. The zero-order valence-electron chi connectivity index (χ0n) is 9.68. The van der Waals surface area contributed by atoms with Crippen LogP contribution in [-0.2, 0) is 6.42 Å². The van der Waals surface area contributed by atoms with Gasteiger partial charge in [0.05, 0.1) is 12.7 Å². The van der Waals surface area contributed by atoms with E-state index in [-0.39, 0.29) is 6.04 Å². The Hall–Kier alpha value is -0.970. The van der Waals surface area contributed by atoms with Gasteiger partial charge in [-0.2, -0.15) is 13.2 Å². The topological polar surface area (TPSA) is 25.2 Å². The quantitative estimate of drug-likeness (QED) is 0.883. The molecule has 0 saturated heterocycles. The van der Waals surface area contributed by atoms with Gasteiger partial charge in [0, 0.05) is 24.1 Å². The Morgan fingerprint density at radius 1 is 1.53 bits per heavy atom. The molecule has 1 heterocycles. The van der Waals surface area contributed by atoms with E-state index in [0.29, 0.717) is 0 Å². The Kier molecular flexibility index (Phi) is 3.47. The highest BCUT2D eigenvalue weighted by Crippen LogP contribution is 2.31. The summed E-state index contributed by atoms with van der Waals surface area (Å²) in [5, 5.41) is 3.04. The fourth-order valence-electron chi connectivity index (χ4n) is 2.41. The van der Waals surface area contributed by atoms with Gasteiger partial charge in [-0.3, -0.25) is 0 Å². The number of rotatable bonds is 3. The molecule has 2 nitrogen and oxygen atoms in total. The van der Waals surface area contributed by atoms with Crippen LogP contribution in [0.5, 0.6) is 0 Å². The van der Waals surface area contributed by atoms with Gasteiger partial charge in [0.2, 0.25) is 0 Å². The maximum Gasteiger partial charge on any atom is 0.390 e. The van der Waals surface area contributed by atoms with Crippen LogP contribution in [0.25, 0.3) is 0 Å². The smallest absolute Gasteiger partial charge is 0.390 e. The number of halogens is 3. The lowest BCUT2D eigenvalue weighted by Gasteiger charge is -2.26. The van der Waals surface area contributed by atoms with Gasteiger partial charge < -0.3 is 9.73 Å². The van der Waals surface area contributed by atoms with Crippen LogP contribution in [0.4, 0.5) is 13.2 Å². The van der Waals surface area contributed by atoms with Gasteiger partial charge in [0.15, 0.2) is 0 Å². The first-order valence-corrected chi connectivity index (χ1v) is 5.85. The molecule has 1 aliphatic carbocycles. The van der Waals surface area contributed by atoms with E-state index in [2.05, 4.69) is 5.32 Å². The highest BCUT2D eigenvalue weighted by molar-refractivity contribution is 5.24. The third-order valence-corrected chi connectivity index (χ3v) is 3.08. The van der Waals surface area contributed by atoms with Gasteiger partial charge in [0.1, 0.15) is 5.76 Å². The molecule has 0 radical (unpaired) electrons. The molecule has 1 N–H and O–H groups in total. The van der Waals surface area contributed by atoms with Crippen molar-refractivity contribution in [2.45, 2.75) is 50.9 Å². The molecule has 0 aromatic carbocycles. The van der Waals surface area contributed by atoms with Gasteiger partial charge in [-0.15, -0.1) is 0 Å². The number of aryl methyl sites for hydroxylation is 1. The van der Waals surface area contributed by atoms with Crippen LogP contribution >= 0.6 is 0 Å². The van der Waals surface area contributed by atoms with Crippen molar-refractivity contribution in [3.63, 3.8) is 0 Å². The summed E-state index contributed by atoms with van der Waals surface area (Å²) in [5.41, 5.74) is 1.02. The zero-order valence-corrected chi connectivity index (χ0v) is 9.68. The van der Waals surface area contributed by atoms with Gasteiger partial charge >= 0.3 is 6.18 Å². The normalized spacial score (nSPS) is 22.2. The highest BCUT2D eigenvalue weighted by atomic mass is 19.4. The molecule has 0 fully saturated rings. The maximum absolute atomic E-state index is 12.2. The summed E-state index contributed by atoms with van der Waals surface area (Å²) in [6.07, 6.45) is -0.587. The first kappa shape index (κ1) is 12.5. The van der Waals surface area contributed by atoms with E-state index < -0.39 is 18.6 Å². The molecule has 1 aliphatic rings. The molecule has 0 aliphatic heterocycles. The van der Waals surface area contributed by atoms with Crippen LogP contribution < -0.4 is 5.32 Å². The van der Waals surface area contributed by atoms with E-state index in [0.717, 1.165) is 30.6 Å². The Labute approximate surface area is 98.2 Å². The van der Waals surface area contributed by atoms with Crippen LogP contribution in [0, 0.1) is 0 Å². The average Bonchev–Trinajstić information content (AvgIpc) is 2.63. The van der Waals surface area contributed by atoms with E-state index in [9.17, 15) is 13.2 Å². The van der Waals surface area contributed by atoms with Crippen LogP contribution in [0.1, 0.15) is 43.6 Å². The second kappa shape index (κ2) is 4.72. The van der Waals surface area contributed by atoms with E-state index in [1.165, 1.54) is 0 Å². The number of alkyl halides is 3. The molecule has 1 aromatic heterocycles. The summed E-state index contributed by atoms with van der Waals surface area (Å²) in [4.78, 5) is 0. The summed E-state index contributed by atoms with van der Waals surface area (Å²) in [7, 11) is 0. The Balaban J connectivity index is 1.97. The maximum atomic E-state index is 12.2. The lowest BCUT2D eigenvalue weighted by atomic mass is 9.93. The third-order valence-electron chi connectivity index (χ3n) is 3.08. The standard InChI is InChI=1S/C12H16F3NO/c1-8(7-12(13,14)15)16-10-3-2-4-11-9(10)5-6-17-11/h5-6,8,10,16H,2-4,7H2,1H3. The second-order valence-electron chi connectivity index (χ2n) is 4.63. The average molecular weight is 247 g/mol. The molecule has 0 spiro atoms. The van der Waals surface area contributed by atoms with E-state index in [4.69, 9.17) is 4.42 Å². The molecule has 2 atom stereocenters. The lowest BCUT2D eigenvalue weighted by molar-refractivity contribution is -0.139. The summed E-state index contributed by atoms with van der Waals surface area (Å²) in [6.45, 7) is 1.57. The van der Waals surface area contributed by atoms with Gasteiger partial charge in [-0.05, 0) is 25.8 Å². The largest absolute Gasteiger partial charge is 0.469 e. The molecule has 2 unspecified atom stereocenters. The second-order valence-corrected chi connectivity index (χ2v) is 4.63. The van der Waals surface area contributed by atoms with Crippen molar-refractivity contribution in [2.75, 3.05) is 0 Å². The molecule has 2 rings (SSSR count). The van der Waals surface area contributed by atoms with Crippen molar-refractivity contribution in [3.05, 3.63) is 23.7 Å². The highest BCUT2D eigenvalue weighted by Gasteiger charge is 2.32. The van der Waals surface area contributed by atoms with Crippen LogP contribution in [0.3, 0.4) is 0 Å². The van der Waals surface area contributed by atoms with Crippen molar-refractivity contribution < 1.29 is 17.6 Å². The fraction of sp³-hybridized carbons (Fsp3) is 0.667. The number of furan rings is 1. The molecule has 1 aromatic rings. The van der Waals surface area contributed by atoms with E-state index >= 15 is 0 Å². The molecule has 0 bridgehead atoms. The monoisotopic (exact) mass is 247 g/mol. The van der Waals surface area contributed by atoms with Crippen molar-refractivity contribution in [1.82, 2.24) is 5.32 Å². The van der Waals surface area contributed by atoms with E-state index in [1.54, 1.807) is 13.2 Å². The third kappa shape index (κ3) is 3.25. The van der Waals surface area contributed by atoms with Crippen molar-refractivity contribution in [2.24, 2.45) is 0 Å². The van der Waals surface area contributed by atoms with Gasteiger partial charge in [0.25, 0.3) is 0 Å². The van der Waals surface area contributed by atoms with Crippen LogP contribution in [0.15, 0.2) is 16.7 Å². The van der Waals surface area contributed by atoms with Gasteiger partial charge in [-0.1, -0.05) is 0 Å². The van der Waals surface area contributed by atoms with Crippen molar-refractivity contribution in [3.8, 4) is 0 Å². The first-order chi connectivity index (χ1) is 7.96. The predicted octanol–water partition coefficient (Wildman–Crippen LogP) is 3.59. The van der Waals surface area contributed by atoms with E-state index in [1.807, 2.05) is 6.07 Å². The first-order valence-electron chi connectivity index (χ1n) is 5.85. The lowest BCUT2D eigenvalue weighted by Crippen LogP contribution is -2.35. The van der Waals surface area contributed by atoms with Crippen molar-refractivity contribution >= 4 is 0 Å². The van der Waals surface area contributed by atoms with Gasteiger partial charge in [-0.25, -0.2) is 0 Å². The minimum atomic E-state index is -4.11. The predicted molar refractivity (Wildman–Crippen MR) is 57.7 cm³/mol. The number of hydrogen-bond acceptors (Lipinski definition) is 2. The summed E-state index contributed by atoms with van der Waals surface area (Å²) < 4.78 is 42.0. The SMILES string of the molecule is CC(CC(F)(F)F)NC1CCCc2occc21. The number of fused-ring (bicyclic) bond motifs is 1. The minimum Gasteiger partial charge on any atom is -0.469 e. The molecular formula is C12H16F3NO. The number of hydrogen-bond donors (Lipinski definition) is 1. The summed E-state index contributed by atoms with van der Waals surface area (Å²) in [6, 6.07) is 1.28.